The highest BCUT2D eigenvalue weighted by atomic mass is 79.9. The number of carbonyl (C=O) groups is 1. The molecule has 0 spiro atoms. The summed E-state index contributed by atoms with van der Waals surface area (Å²) in [6, 6.07) is 3.56. The van der Waals surface area contributed by atoms with Crippen LogP contribution in [0.25, 0.3) is 11.0 Å². The smallest absolute Gasteiger partial charge is 0.231 e. The highest BCUT2D eigenvalue weighted by Crippen LogP contribution is 2.27. The molecule has 0 radical (unpaired) electrons. The molecule has 0 fully saturated rings. The molecule has 1 heterocycles. The molecule has 1 atom stereocenters. The minimum Gasteiger partial charge on any atom is -0.369 e. The van der Waals surface area contributed by atoms with Gasteiger partial charge in [0, 0.05) is 10.6 Å². The molecule has 1 aromatic heterocycles. The molecule has 1 unspecified atom stereocenters. The second-order valence-corrected chi connectivity index (χ2v) is 5.27. The molecule has 2 N–H and O–H groups in total. The van der Waals surface area contributed by atoms with Gasteiger partial charge in [-0.15, -0.1) is 0 Å². The first-order chi connectivity index (χ1) is 7.59. The van der Waals surface area contributed by atoms with Crippen LogP contribution >= 0.6 is 39.3 Å². The number of benzene rings is 1. The number of amides is 1. The zero-order valence-corrected chi connectivity index (χ0v) is 11.1. The molecule has 1 aromatic carbocycles. The second kappa shape index (κ2) is 4.65. The third-order valence-corrected chi connectivity index (χ3v) is 3.84. The number of nitrogens with two attached hydrogens (primary N) is 1. The summed E-state index contributed by atoms with van der Waals surface area (Å²) in [4.78, 5) is 10.5. The Bertz CT molecular complexity index is 545. The maximum absolute atomic E-state index is 11.0. The van der Waals surface area contributed by atoms with Gasteiger partial charge in [0.15, 0.2) is 0 Å². The Morgan fingerprint density at radius 3 is 3.00 bits per heavy atom. The van der Waals surface area contributed by atoms with Crippen molar-refractivity contribution in [1.29, 1.82) is 0 Å². The van der Waals surface area contributed by atoms with E-state index in [0.29, 0.717) is 11.4 Å². The van der Waals surface area contributed by atoms with E-state index in [4.69, 9.17) is 17.3 Å². The fourth-order valence-electron chi connectivity index (χ4n) is 1.35. The average Bonchev–Trinajstić information content (AvgIpc) is 2.70. The van der Waals surface area contributed by atoms with E-state index in [1.807, 2.05) is 0 Å². The van der Waals surface area contributed by atoms with Crippen LogP contribution in [0.3, 0.4) is 0 Å². The summed E-state index contributed by atoms with van der Waals surface area (Å²) < 4.78 is 8.28. The highest BCUT2D eigenvalue weighted by Gasteiger charge is 2.17. The third-order valence-electron chi connectivity index (χ3n) is 2.17. The van der Waals surface area contributed by atoms with E-state index in [1.165, 1.54) is 0 Å². The van der Waals surface area contributed by atoms with Crippen LogP contribution in [0, 0.1) is 0 Å². The van der Waals surface area contributed by atoms with Crippen molar-refractivity contribution in [1.82, 2.24) is 8.75 Å². The first kappa shape index (κ1) is 11.8. The molecule has 4 nitrogen and oxygen atoms in total. The molecule has 0 saturated carbocycles. The van der Waals surface area contributed by atoms with E-state index < -0.39 is 10.7 Å². The highest BCUT2D eigenvalue weighted by molar-refractivity contribution is 9.10. The van der Waals surface area contributed by atoms with Crippen molar-refractivity contribution in [3.8, 4) is 0 Å². The van der Waals surface area contributed by atoms with Crippen molar-refractivity contribution in [3.05, 3.63) is 22.7 Å². The number of fused-ring (bicyclic) bond motifs is 1. The predicted molar refractivity (Wildman–Crippen MR) is 68.0 cm³/mol. The lowest BCUT2D eigenvalue weighted by atomic mass is 10.1. The third kappa shape index (κ3) is 2.18. The molecular formula is C9H7BrClN3OS. The minimum atomic E-state index is -0.447. The lowest BCUT2D eigenvalue weighted by Gasteiger charge is -2.07. The number of carbonyl (C=O) groups excluding carboxylic acids is 1. The lowest BCUT2D eigenvalue weighted by molar-refractivity contribution is -0.117. The quantitative estimate of drug-likeness (QED) is 0.881. The van der Waals surface area contributed by atoms with Gasteiger partial charge >= 0.3 is 0 Å². The number of hydrogen-bond acceptors (Lipinski definition) is 4. The summed E-state index contributed by atoms with van der Waals surface area (Å²) in [6.07, 6.45) is 0.414. The molecule has 7 heteroatoms. The Hall–Kier alpha value is -0.720. The molecule has 0 aliphatic carbocycles. The normalized spacial score (nSPS) is 12.9. The molecule has 2 aromatic rings. The van der Waals surface area contributed by atoms with Crippen LogP contribution in [-0.2, 0) is 11.2 Å². The number of rotatable bonds is 3. The number of halogens is 2. The molecule has 84 valence electrons. The summed E-state index contributed by atoms with van der Waals surface area (Å²) in [6.45, 7) is 0. The number of alkyl halides is 1. The Kier molecular flexibility index (Phi) is 3.41. The molecule has 0 bridgehead atoms. The SMILES string of the molecule is NC(=O)C(Br)Cc1c(Cl)ccc2nsnc12. The Balaban J connectivity index is 2.45. The van der Waals surface area contributed by atoms with Gasteiger partial charge in [-0.3, -0.25) is 4.79 Å². The zero-order valence-electron chi connectivity index (χ0n) is 7.98. The van der Waals surface area contributed by atoms with E-state index in [9.17, 15) is 4.79 Å². The summed E-state index contributed by atoms with van der Waals surface area (Å²) in [7, 11) is 0. The molecule has 0 saturated heterocycles. The van der Waals surface area contributed by atoms with Gasteiger partial charge in [0.2, 0.25) is 5.91 Å². The van der Waals surface area contributed by atoms with E-state index in [1.54, 1.807) is 12.1 Å². The summed E-state index contributed by atoms with van der Waals surface area (Å²) in [5.41, 5.74) is 7.52. The fraction of sp³-hybridized carbons (Fsp3) is 0.222. The number of nitrogens with zero attached hydrogens (tertiary/aromatic N) is 2. The van der Waals surface area contributed by atoms with E-state index in [0.717, 1.165) is 28.3 Å². The van der Waals surface area contributed by atoms with E-state index in [-0.39, 0.29) is 0 Å². The Labute approximate surface area is 109 Å². The fourth-order valence-corrected chi connectivity index (χ4v) is 2.47. The molecule has 0 aliphatic rings. The molecule has 1 amide bonds. The van der Waals surface area contributed by atoms with Gasteiger partial charge in [0.05, 0.1) is 16.6 Å². The minimum absolute atomic E-state index is 0.414. The largest absolute Gasteiger partial charge is 0.369 e. The van der Waals surface area contributed by atoms with E-state index in [2.05, 4.69) is 24.7 Å². The Morgan fingerprint density at radius 1 is 1.56 bits per heavy atom. The van der Waals surface area contributed by atoms with E-state index >= 15 is 0 Å². The van der Waals surface area contributed by atoms with Crippen LogP contribution in [0.4, 0.5) is 0 Å². The zero-order chi connectivity index (χ0) is 11.7. The van der Waals surface area contributed by atoms with Gasteiger partial charge in [-0.25, -0.2) is 0 Å². The van der Waals surface area contributed by atoms with Gasteiger partial charge in [-0.1, -0.05) is 27.5 Å². The van der Waals surface area contributed by atoms with Crippen molar-refractivity contribution >= 4 is 56.2 Å². The predicted octanol–water partition coefficient (Wildman–Crippen LogP) is 2.14. The molecular weight excluding hydrogens is 314 g/mol. The summed E-state index contributed by atoms with van der Waals surface area (Å²) >= 11 is 10.4. The first-order valence-electron chi connectivity index (χ1n) is 4.42. The van der Waals surface area contributed by atoms with Crippen molar-refractivity contribution in [2.75, 3.05) is 0 Å². The molecule has 16 heavy (non-hydrogen) atoms. The van der Waals surface area contributed by atoms with Crippen molar-refractivity contribution in [3.63, 3.8) is 0 Å². The monoisotopic (exact) mass is 319 g/mol. The Morgan fingerprint density at radius 2 is 2.31 bits per heavy atom. The molecule has 2 rings (SSSR count). The second-order valence-electron chi connectivity index (χ2n) is 3.23. The molecule has 0 aliphatic heterocycles. The number of primary amides is 1. The van der Waals surface area contributed by atoms with Crippen molar-refractivity contribution in [2.24, 2.45) is 5.73 Å². The standard InChI is InChI=1S/C9H7BrClN3OS/c10-5(9(12)15)3-4-6(11)1-2-7-8(4)14-16-13-7/h1-2,5H,3H2,(H2,12,15). The first-order valence-corrected chi connectivity index (χ1v) is 6.45. The van der Waals surface area contributed by atoms with Crippen LogP contribution in [0.15, 0.2) is 12.1 Å². The van der Waals surface area contributed by atoms with Crippen LogP contribution in [0.5, 0.6) is 0 Å². The number of aromatic nitrogens is 2. The van der Waals surface area contributed by atoms with Crippen LogP contribution in [0.2, 0.25) is 5.02 Å². The number of hydrogen-bond donors (Lipinski definition) is 1. The van der Waals surface area contributed by atoms with Crippen LogP contribution < -0.4 is 5.73 Å². The van der Waals surface area contributed by atoms with Gasteiger partial charge in [-0.05, 0) is 18.6 Å². The average molecular weight is 321 g/mol. The van der Waals surface area contributed by atoms with Crippen molar-refractivity contribution < 1.29 is 4.79 Å². The van der Waals surface area contributed by atoms with Gasteiger partial charge < -0.3 is 5.73 Å². The maximum Gasteiger partial charge on any atom is 0.231 e. The van der Waals surface area contributed by atoms with Crippen LogP contribution in [0.1, 0.15) is 5.56 Å². The van der Waals surface area contributed by atoms with Crippen molar-refractivity contribution in [2.45, 2.75) is 11.2 Å². The van der Waals surface area contributed by atoms with Crippen LogP contribution in [-0.4, -0.2) is 19.5 Å². The van der Waals surface area contributed by atoms with Gasteiger partial charge in [0.25, 0.3) is 0 Å². The maximum atomic E-state index is 11.0. The summed E-state index contributed by atoms with van der Waals surface area (Å²) in [5, 5.41) is 0.575. The van der Waals surface area contributed by atoms with Gasteiger partial charge in [-0.2, -0.15) is 8.75 Å². The lowest BCUT2D eigenvalue weighted by Crippen LogP contribution is -2.25. The topological polar surface area (TPSA) is 68.9 Å². The van der Waals surface area contributed by atoms with Gasteiger partial charge in [0.1, 0.15) is 11.0 Å². The summed E-state index contributed by atoms with van der Waals surface area (Å²) in [5.74, 6) is -0.420.